The summed E-state index contributed by atoms with van der Waals surface area (Å²) in [6, 6.07) is 0. The van der Waals surface area contributed by atoms with Crippen molar-refractivity contribution < 1.29 is 14.4 Å². The highest BCUT2D eigenvalue weighted by molar-refractivity contribution is 7.53. The average molecular weight is 391 g/mol. The Kier molecular flexibility index (Phi) is 16.2. The van der Waals surface area contributed by atoms with Crippen molar-refractivity contribution in [2.75, 3.05) is 0 Å². The van der Waals surface area contributed by atoms with Crippen LogP contribution in [0.15, 0.2) is 0 Å². The molecule has 0 saturated heterocycles. The van der Waals surface area contributed by atoms with Gasteiger partial charge in [0.25, 0.3) is 0 Å². The third-order valence-corrected chi connectivity index (χ3v) is 8.27. The van der Waals surface area contributed by atoms with Crippen molar-refractivity contribution in [1.29, 1.82) is 0 Å². The van der Waals surface area contributed by atoms with E-state index >= 15 is 0 Å². The van der Waals surface area contributed by atoms with Crippen LogP contribution in [0.3, 0.4) is 0 Å². The molecule has 0 radical (unpaired) electrons. The van der Waals surface area contributed by atoms with E-state index in [0.29, 0.717) is 19.3 Å². The molecule has 0 fully saturated rings. The van der Waals surface area contributed by atoms with Crippen molar-refractivity contribution in [3.05, 3.63) is 0 Å². The van der Waals surface area contributed by atoms with Gasteiger partial charge in [-0.3, -0.25) is 4.57 Å². The maximum atomic E-state index is 11.8. The lowest BCUT2D eigenvalue weighted by molar-refractivity contribution is 0.300. The summed E-state index contributed by atoms with van der Waals surface area (Å²) in [7, 11) is -4.00. The van der Waals surface area contributed by atoms with Gasteiger partial charge in [0.05, 0.1) is 5.16 Å². The minimum absolute atomic E-state index is 0.576. The second-order valence-corrected chi connectivity index (χ2v) is 10.2. The van der Waals surface area contributed by atoms with E-state index in [1.807, 2.05) is 13.8 Å². The third-order valence-electron chi connectivity index (χ3n) is 6.18. The maximum Gasteiger partial charge on any atom is 0.331 e. The molecule has 0 unspecified atom stereocenters. The molecular formula is C22H47O3P. The Labute approximate surface area is 163 Å². The highest BCUT2D eigenvalue weighted by Crippen LogP contribution is 2.57. The zero-order chi connectivity index (χ0) is 19.7. The van der Waals surface area contributed by atoms with Gasteiger partial charge in [0.1, 0.15) is 0 Å². The van der Waals surface area contributed by atoms with Crippen LogP contribution < -0.4 is 0 Å². The van der Waals surface area contributed by atoms with Gasteiger partial charge in [-0.2, -0.15) is 0 Å². The summed E-state index contributed by atoms with van der Waals surface area (Å²) in [6.45, 7) is 6.09. The fourth-order valence-corrected chi connectivity index (χ4v) is 5.26. The van der Waals surface area contributed by atoms with Crippen molar-refractivity contribution in [2.45, 2.75) is 142 Å². The normalized spacial score (nSPS) is 12.7. The molecule has 0 aliphatic heterocycles. The fraction of sp³-hybridized carbons (Fsp3) is 1.00. The van der Waals surface area contributed by atoms with Crippen molar-refractivity contribution in [3.63, 3.8) is 0 Å². The molecule has 0 atom stereocenters. The Morgan fingerprint density at radius 3 is 1.15 bits per heavy atom. The van der Waals surface area contributed by atoms with Crippen LogP contribution >= 0.6 is 7.60 Å². The van der Waals surface area contributed by atoms with Crippen LogP contribution in [0.4, 0.5) is 0 Å². The molecular weight excluding hydrogens is 343 g/mol. The van der Waals surface area contributed by atoms with Gasteiger partial charge in [-0.05, 0) is 19.3 Å². The van der Waals surface area contributed by atoms with Gasteiger partial charge in [0, 0.05) is 0 Å². The molecule has 0 aromatic rings. The first-order valence-electron chi connectivity index (χ1n) is 11.5. The van der Waals surface area contributed by atoms with Gasteiger partial charge in [-0.1, -0.05) is 117 Å². The molecule has 0 rings (SSSR count). The van der Waals surface area contributed by atoms with Crippen LogP contribution in [-0.2, 0) is 4.57 Å². The van der Waals surface area contributed by atoms with Crippen molar-refractivity contribution in [2.24, 2.45) is 0 Å². The van der Waals surface area contributed by atoms with Crippen LogP contribution in [0, 0.1) is 0 Å². The lowest BCUT2D eigenvalue weighted by atomic mass is 9.94. The Morgan fingerprint density at radius 2 is 0.885 bits per heavy atom. The van der Waals surface area contributed by atoms with Crippen LogP contribution in [0.2, 0.25) is 0 Å². The number of hydrogen-bond donors (Lipinski definition) is 2. The van der Waals surface area contributed by atoms with Crippen LogP contribution in [-0.4, -0.2) is 14.9 Å². The first kappa shape index (κ1) is 26.1. The first-order chi connectivity index (χ1) is 12.4. The van der Waals surface area contributed by atoms with Crippen LogP contribution in [0.25, 0.3) is 0 Å². The largest absolute Gasteiger partial charge is 0.331 e. The van der Waals surface area contributed by atoms with E-state index < -0.39 is 12.8 Å². The summed E-state index contributed by atoms with van der Waals surface area (Å²) in [5, 5.41) is -0.774. The third kappa shape index (κ3) is 11.8. The van der Waals surface area contributed by atoms with Crippen molar-refractivity contribution in [3.8, 4) is 0 Å². The molecule has 0 aliphatic carbocycles. The Morgan fingerprint density at radius 1 is 0.577 bits per heavy atom. The fourth-order valence-electron chi connectivity index (χ4n) is 3.99. The monoisotopic (exact) mass is 390 g/mol. The van der Waals surface area contributed by atoms with Crippen molar-refractivity contribution in [1.82, 2.24) is 0 Å². The van der Waals surface area contributed by atoms with Gasteiger partial charge in [0.2, 0.25) is 0 Å². The second-order valence-electron chi connectivity index (χ2n) is 8.18. The molecule has 3 nitrogen and oxygen atoms in total. The molecule has 0 spiro atoms. The van der Waals surface area contributed by atoms with Gasteiger partial charge >= 0.3 is 7.60 Å². The summed E-state index contributed by atoms with van der Waals surface area (Å²) >= 11 is 0. The molecule has 0 aromatic heterocycles. The molecule has 0 saturated carbocycles. The SMILES string of the molecule is CCCCCCCCCCCCCCCCCC(CC)(CC)P(=O)(O)O. The van der Waals surface area contributed by atoms with Gasteiger partial charge < -0.3 is 9.79 Å². The molecule has 2 N–H and O–H groups in total. The highest BCUT2D eigenvalue weighted by atomic mass is 31.2. The van der Waals surface area contributed by atoms with E-state index in [0.717, 1.165) is 12.8 Å². The quantitative estimate of drug-likeness (QED) is 0.173. The predicted molar refractivity (Wildman–Crippen MR) is 115 cm³/mol. The summed E-state index contributed by atoms with van der Waals surface area (Å²) in [5.74, 6) is 0. The standard InChI is InChI=1S/C22H47O3P/c1-4-7-8-9-10-11-12-13-14-15-16-17-18-19-20-21-22(5-2,6-3)26(23,24)25/h4-21H2,1-3H3,(H2,23,24,25). The lowest BCUT2D eigenvalue weighted by Crippen LogP contribution is -2.27. The molecule has 0 aliphatic rings. The molecule has 0 bridgehead atoms. The van der Waals surface area contributed by atoms with Gasteiger partial charge in [-0.15, -0.1) is 0 Å². The minimum Gasteiger partial charge on any atom is -0.324 e. The maximum absolute atomic E-state index is 11.8. The molecule has 26 heavy (non-hydrogen) atoms. The smallest absolute Gasteiger partial charge is 0.324 e. The second kappa shape index (κ2) is 16.1. The zero-order valence-electron chi connectivity index (χ0n) is 18.0. The predicted octanol–water partition coefficient (Wildman–Crippen LogP) is 7.98. The summed E-state index contributed by atoms with van der Waals surface area (Å²) in [6.07, 6.45) is 21.6. The van der Waals surface area contributed by atoms with Crippen LogP contribution in [0.1, 0.15) is 136 Å². The van der Waals surface area contributed by atoms with E-state index in [2.05, 4.69) is 6.92 Å². The first-order valence-corrected chi connectivity index (χ1v) is 13.1. The Hall–Kier alpha value is 0.150. The molecule has 158 valence electrons. The van der Waals surface area contributed by atoms with E-state index in [-0.39, 0.29) is 0 Å². The van der Waals surface area contributed by atoms with E-state index in [9.17, 15) is 14.4 Å². The average Bonchev–Trinajstić information content (AvgIpc) is 2.61. The molecule has 0 aromatic carbocycles. The molecule has 0 amide bonds. The number of rotatable bonds is 19. The van der Waals surface area contributed by atoms with Crippen molar-refractivity contribution >= 4 is 7.60 Å². The number of hydrogen-bond acceptors (Lipinski definition) is 1. The van der Waals surface area contributed by atoms with Crippen LogP contribution in [0.5, 0.6) is 0 Å². The minimum atomic E-state index is -4.00. The highest BCUT2D eigenvalue weighted by Gasteiger charge is 2.42. The summed E-state index contributed by atoms with van der Waals surface area (Å²) in [5.41, 5.74) is 0. The Bertz CT molecular complexity index is 347. The summed E-state index contributed by atoms with van der Waals surface area (Å²) < 4.78 is 11.8. The molecule has 4 heteroatoms. The van der Waals surface area contributed by atoms with E-state index in [4.69, 9.17) is 0 Å². The number of unbranched alkanes of at least 4 members (excludes halogenated alkanes) is 14. The van der Waals surface area contributed by atoms with E-state index in [1.165, 1.54) is 83.5 Å². The van der Waals surface area contributed by atoms with Gasteiger partial charge in [-0.25, -0.2) is 0 Å². The molecule has 0 heterocycles. The lowest BCUT2D eigenvalue weighted by Gasteiger charge is -2.32. The topological polar surface area (TPSA) is 57.5 Å². The van der Waals surface area contributed by atoms with Gasteiger partial charge in [0.15, 0.2) is 0 Å². The Balaban J connectivity index is 3.47. The van der Waals surface area contributed by atoms with E-state index in [1.54, 1.807) is 0 Å². The zero-order valence-corrected chi connectivity index (χ0v) is 18.9. The summed E-state index contributed by atoms with van der Waals surface area (Å²) in [4.78, 5) is 19.3.